The Bertz CT molecular complexity index is 5770. The molecule has 2 aliphatic rings. The minimum absolute atomic E-state index is 0.283. The molecule has 0 aliphatic carbocycles. The number of hydrogen-bond donors (Lipinski definition) is 0. The lowest BCUT2D eigenvalue weighted by Crippen LogP contribution is -2.61. The molecular formula is C102H70BN5. The van der Waals surface area contributed by atoms with Gasteiger partial charge in [0.1, 0.15) is 0 Å². The lowest BCUT2D eigenvalue weighted by molar-refractivity contribution is 1.16. The lowest BCUT2D eigenvalue weighted by Gasteiger charge is -2.46. The molecule has 3 heterocycles. The Morgan fingerprint density at radius 1 is 0.204 bits per heavy atom. The van der Waals surface area contributed by atoms with Crippen molar-refractivity contribution in [2.45, 2.75) is 0 Å². The third kappa shape index (κ3) is 11.0. The molecule has 506 valence electrons. The van der Waals surface area contributed by atoms with Gasteiger partial charge in [-0.15, -0.1) is 0 Å². The van der Waals surface area contributed by atoms with Gasteiger partial charge in [0.05, 0.1) is 28.1 Å². The van der Waals surface area contributed by atoms with Crippen molar-refractivity contribution < 1.29 is 0 Å². The van der Waals surface area contributed by atoms with Crippen molar-refractivity contribution in [1.29, 1.82) is 0 Å². The van der Waals surface area contributed by atoms with Crippen LogP contribution in [0.4, 0.5) is 68.2 Å². The Labute approximate surface area is 630 Å². The van der Waals surface area contributed by atoms with Gasteiger partial charge in [-0.2, -0.15) is 0 Å². The molecule has 0 amide bonds. The van der Waals surface area contributed by atoms with Crippen LogP contribution in [-0.4, -0.2) is 11.3 Å². The van der Waals surface area contributed by atoms with Crippen molar-refractivity contribution in [3.8, 4) is 72.4 Å². The van der Waals surface area contributed by atoms with Crippen LogP contribution in [-0.2, 0) is 0 Å². The monoisotopic (exact) mass is 1380 g/mol. The first-order valence-electron chi connectivity index (χ1n) is 37.2. The second-order valence-corrected chi connectivity index (χ2v) is 27.9. The molecule has 0 N–H and O–H groups in total. The van der Waals surface area contributed by atoms with E-state index in [2.05, 4.69) is 449 Å². The van der Waals surface area contributed by atoms with E-state index < -0.39 is 0 Å². The largest absolute Gasteiger partial charge is 0.310 e. The molecule has 2 aliphatic heterocycles. The Morgan fingerprint density at radius 2 is 0.491 bits per heavy atom. The standard InChI is InChI=1S/C102H70BN5/c1-11-33-71(34-12-1)77-57-61-96-92(65-77)103-93-66-78(72-35-13-2-14-36-72)58-62-97(93)108(102-88(75-41-19-5-20-42-75)55-32-56-89(102)76-43-21-6-22-44-76)99-70-85(69-98(100(99)103)107(96)101-86(73-37-15-3-16-38-73)53-31-54-87(101)74-39-17-4-18-40-74)106-94-63-59-83(104(79-45-23-7-24-46-79)80-47-25-8-26-48-80)67-90(94)91-68-84(60-64-95(91)106)105(81-49-27-9-28-50-81)82-51-29-10-30-52-82/h1-70H. The summed E-state index contributed by atoms with van der Waals surface area (Å²) in [5, 5.41) is 2.22. The molecule has 0 bridgehead atoms. The van der Waals surface area contributed by atoms with E-state index in [1.165, 1.54) is 16.4 Å². The molecule has 5 nitrogen and oxygen atoms in total. The summed E-state index contributed by atoms with van der Waals surface area (Å²) in [6, 6.07) is 157. The maximum atomic E-state index is 2.66. The van der Waals surface area contributed by atoms with E-state index in [1.54, 1.807) is 0 Å². The smallest absolute Gasteiger partial charge is 0.252 e. The summed E-state index contributed by atoms with van der Waals surface area (Å²) in [7, 11) is 0. The maximum absolute atomic E-state index is 2.66. The van der Waals surface area contributed by atoms with Gasteiger partial charge >= 0.3 is 0 Å². The van der Waals surface area contributed by atoms with Crippen molar-refractivity contribution in [3.05, 3.63) is 425 Å². The van der Waals surface area contributed by atoms with Crippen LogP contribution in [0.25, 0.3) is 94.3 Å². The van der Waals surface area contributed by atoms with E-state index in [9.17, 15) is 0 Å². The fourth-order valence-electron chi connectivity index (χ4n) is 17.0. The zero-order valence-electron chi connectivity index (χ0n) is 59.2. The number of benzene rings is 17. The number of aromatic nitrogens is 1. The predicted molar refractivity (Wildman–Crippen MR) is 457 cm³/mol. The van der Waals surface area contributed by atoms with Crippen LogP contribution >= 0.6 is 0 Å². The number of hydrogen-bond acceptors (Lipinski definition) is 4. The average Bonchev–Trinajstić information content (AvgIpc) is 0.769. The summed E-state index contributed by atoms with van der Waals surface area (Å²) in [5.41, 5.74) is 33.3. The molecule has 20 rings (SSSR count). The Morgan fingerprint density at radius 3 is 0.796 bits per heavy atom. The normalized spacial score (nSPS) is 12.0. The van der Waals surface area contributed by atoms with Crippen molar-refractivity contribution in [3.63, 3.8) is 0 Å². The van der Waals surface area contributed by atoms with Gasteiger partial charge in [-0.1, -0.05) is 315 Å². The van der Waals surface area contributed by atoms with Crippen LogP contribution in [0.2, 0.25) is 0 Å². The second-order valence-electron chi connectivity index (χ2n) is 27.9. The highest BCUT2D eigenvalue weighted by Gasteiger charge is 2.46. The first-order valence-corrected chi connectivity index (χ1v) is 37.2. The van der Waals surface area contributed by atoms with E-state index in [0.29, 0.717) is 0 Å². The van der Waals surface area contributed by atoms with Gasteiger partial charge in [0.2, 0.25) is 0 Å². The summed E-state index contributed by atoms with van der Waals surface area (Å²) in [5.74, 6) is 0. The molecular weight excluding hydrogens is 1310 g/mol. The third-order valence-corrected chi connectivity index (χ3v) is 21.7. The molecule has 0 saturated heterocycles. The zero-order valence-corrected chi connectivity index (χ0v) is 59.2. The number of rotatable bonds is 15. The van der Waals surface area contributed by atoms with Gasteiger partial charge in [-0.25, -0.2) is 0 Å². The molecule has 0 fully saturated rings. The molecule has 18 aromatic rings. The number of para-hydroxylation sites is 6. The van der Waals surface area contributed by atoms with Crippen LogP contribution in [0.15, 0.2) is 425 Å². The minimum atomic E-state index is -0.283. The molecule has 0 radical (unpaired) electrons. The van der Waals surface area contributed by atoms with Crippen LogP contribution in [0.3, 0.4) is 0 Å². The Kier molecular flexibility index (Phi) is 15.9. The molecule has 17 aromatic carbocycles. The van der Waals surface area contributed by atoms with Gasteiger partial charge in [0.25, 0.3) is 6.71 Å². The van der Waals surface area contributed by atoms with Gasteiger partial charge in [-0.3, -0.25) is 0 Å². The highest BCUT2D eigenvalue weighted by molar-refractivity contribution is 7.00. The molecule has 1 aromatic heterocycles. The van der Waals surface area contributed by atoms with Gasteiger partial charge in [-0.05, 0) is 170 Å². The zero-order chi connectivity index (χ0) is 71.4. The fourth-order valence-corrected chi connectivity index (χ4v) is 17.0. The van der Waals surface area contributed by atoms with Crippen molar-refractivity contribution in [2.75, 3.05) is 19.6 Å². The quantitative estimate of drug-likeness (QED) is 0.0952. The summed E-state index contributed by atoms with van der Waals surface area (Å²) in [6.07, 6.45) is 0. The van der Waals surface area contributed by atoms with E-state index >= 15 is 0 Å². The first-order chi connectivity index (χ1) is 53.6. The van der Waals surface area contributed by atoms with Gasteiger partial charge in [0, 0.05) is 89.9 Å². The molecule has 0 atom stereocenters. The third-order valence-electron chi connectivity index (χ3n) is 21.7. The SMILES string of the molecule is c1ccc(-c2ccc3c(c2)B2c4cc(-c5ccccc5)ccc4N(c4c(-c5ccccc5)cccc4-c4ccccc4)c4cc(-n5c6ccc(N(c7ccccc7)c7ccccc7)cc6c6cc(N(c7ccccc7)c7ccccc7)ccc65)cc(c42)N3c2c(-c3ccccc3)cccc2-c2ccccc2)cc1. The molecule has 0 unspecified atom stereocenters. The van der Waals surface area contributed by atoms with Crippen molar-refractivity contribution in [1.82, 2.24) is 4.57 Å². The number of fused-ring (bicyclic) bond motifs is 7. The first kappa shape index (κ1) is 63.5. The second kappa shape index (κ2) is 27.1. The average molecular weight is 1380 g/mol. The number of nitrogens with zero attached hydrogens (tertiary/aromatic N) is 5. The maximum Gasteiger partial charge on any atom is 0.252 e. The number of anilines is 12. The van der Waals surface area contributed by atoms with E-state index in [0.717, 1.165) is 163 Å². The summed E-state index contributed by atoms with van der Waals surface area (Å²) in [4.78, 5) is 10.1. The van der Waals surface area contributed by atoms with Crippen LogP contribution < -0.4 is 36.0 Å². The van der Waals surface area contributed by atoms with E-state index in [-0.39, 0.29) is 6.71 Å². The van der Waals surface area contributed by atoms with Gasteiger partial charge < -0.3 is 24.2 Å². The summed E-state index contributed by atoms with van der Waals surface area (Å²) >= 11 is 0. The highest BCUT2D eigenvalue weighted by atomic mass is 15.2. The molecule has 0 saturated carbocycles. The minimum Gasteiger partial charge on any atom is -0.310 e. The molecule has 0 spiro atoms. The van der Waals surface area contributed by atoms with E-state index in [4.69, 9.17) is 0 Å². The Hall–Kier alpha value is -14.2. The summed E-state index contributed by atoms with van der Waals surface area (Å²) in [6.45, 7) is -0.283. The Balaban J connectivity index is 0.960. The summed E-state index contributed by atoms with van der Waals surface area (Å²) < 4.78 is 2.57. The molecule has 108 heavy (non-hydrogen) atoms. The lowest BCUT2D eigenvalue weighted by atomic mass is 9.33. The van der Waals surface area contributed by atoms with E-state index in [1.807, 2.05) is 0 Å². The van der Waals surface area contributed by atoms with Gasteiger partial charge in [0.15, 0.2) is 0 Å². The van der Waals surface area contributed by atoms with Crippen molar-refractivity contribution in [2.24, 2.45) is 0 Å². The highest BCUT2D eigenvalue weighted by Crippen LogP contribution is 2.55. The van der Waals surface area contributed by atoms with Crippen LogP contribution in [0.5, 0.6) is 0 Å². The van der Waals surface area contributed by atoms with Crippen LogP contribution in [0, 0.1) is 0 Å². The van der Waals surface area contributed by atoms with Crippen molar-refractivity contribution >= 4 is 113 Å². The molecule has 6 heteroatoms. The topological polar surface area (TPSA) is 17.9 Å². The van der Waals surface area contributed by atoms with Crippen LogP contribution in [0.1, 0.15) is 0 Å². The predicted octanol–water partition coefficient (Wildman–Crippen LogP) is 25.8. The fraction of sp³-hybridized carbons (Fsp3) is 0.